The number of rotatable bonds is 8. The average Bonchev–Trinajstić information content (AvgIpc) is 2.68. The van der Waals surface area contributed by atoms with E-state index in [9.17, 15) is 9.59 Å². The smallest absolute Gasteiger partial charge is 0.313 e. The topological polar surface area (TPSA) is 67.4 Å². The molecule has 158 valence electrons. The average molecular weight is 481 g/mol. The largest absolute Gasteiger partial charge is 0.466 e. The highest BCUT2D eigenvalue weighted by Gasteiger charge is 2.27. The molecule has 0 saturated heterocycles. The summed E-state index contributed by atoms with van der Waals surface area (Å²) in [5.74, 6) is -0.216. The number of halogens is 1. The minimum atomic E-state index is -0.245. The van der Waals surface area contributed by atoms with Gasteiger partial charge in [-0.05, 0) is 69.4 Å². The molecule has 0 heterocycles. The molecule has 0 fully saturated rings. The Bertz CT molecular complexity index is 849. The molecule has 1 aliphatic carbocycles. The minimum absolute atomic E-state index is 0.100. The van der Waals surface area contributed by atoms with Crippen molar-refractivity contribution >= 4 is 39.6 Å². The van der Waals surface area contributed by atoms with Crippen LogP contribution in [-0.2, 0) is 14.3 Å². The summed E-state index contributed by atoms with van der Waals surface area (Å²) in [6, 6.07) is 4.16. The van der Waals surface area contributed by atoms with Crippen molar-refractivity contribution in [2.75, 3.05) is 12.4 Å². The van der Waals surface area contributed by atoms with E-state index < -0.39 is 0 Å². The molecule has 0 bridgehead atoms. The molecular weight excluding hydrogens is 452 g/mol. The molecule has 0 unspecified atom stereocenters. The van der Waals surface area contributed by atoms with Crippen LogP contribution in [0, 0.1) is 19.8 Å². The number of hydrogen-bond donors (Lipinski definition) is 2. The van der Waals surface area contributed by atoms with E-state index in [1.165, 1.54) is 11.8 Å². The maximum absolute atomic E-state index is 12.3. The predicted octanol–water partition coefficient (Wildman–Crippen LogP) is 4.97. The Kier molecular flexibility index (Phi) is 8.83. The third kappa shape index (κ3) is 6.12. The van der Waals surface area contributed by atoms with Gasteiger partial charge in [-0.1, -0.05) is 34.5 Å². The lowest BCUT2D eigenvalue weighted by atomic mass is 9.85. The Hall–Kier alpha value is -1.73. The van der Waals surface area contributed by atoms with Crippen LogP contribution in [0.2, 0.25) is 0 Å². The second kappa shape index (κ2) is 10.9. The van der Waals surface area contributed by atoms with Gasteiger partial charge in [0.2, 0.25) is 5.91 Å². The lowest BCUT2D eigenvalue weighted by molar-refractivity contribution is -0.146. The monoisotopic (exact) mass is 480 g/mol. The van der Waals surface area contributed by atoms with E-state index in [1.54, 1.807) is 0 Å². The van der Waals surface area contributed by atoms with Gasteiger partial charge >= 0.3 is 5.97 Å². The number of hydrogen-bond acceptors (Lipinski definition) is 5. The first kappa shape index (κ1) is 23.5. The molecule has 2 rings (SSSR count). The number of ether oxygens (including phenoxy) is 1. The fourth-order valence-corrected chi connectivity index (χ4v) is 4.66. The summed E-state index contributed by atoms with van der Waals surface area (Å²) < 4.78 is 6.25. The SMILES string of the molecule is CCOC(=O)[C@@H]1CC=C(NNC(=O)CSc2cc(C)c(Br)cc2C)C(CC)=C1C. The number of carbonyl (C=O) groups excluding carboxylic acids is 2. The maximum atomic E-state index is 12.3. The number of thioether (sulfide) groups is 1. The molecule has 1 aromatic carbocycles. The van der Waals surface area contributed by atoms with Crippen LogP contribution in [0.25, 0.3) is 0 Å². The third-order valence-corrected chi connectivity index (χ3v) is 6.97. The Morgan fingerprint density at radius 1 is 1.21 bits per heavy atom. The van der Waals surface area contributed by atoms with Crippen molar-refractivity contribution in [1.82, 2.24) is 10.9 Å². The third-order valence-electron chi connectivity index (χ3n) is 4.96. The van der Waals surface area contributed by atoms with E-state index in [4.69, 9.17) is 4.74 Å². The molecule has 0 aromatic heterocycles. The fourth-order valence-electron chi connectivity index (χ4n) is 3.30. The van der Waals surface area contributed by atoms with Crippen LogP contribution in [0.4, 0.5) is 0 Å². The van der Waals surface area contributed by atoms with Crippen LogP contribution in [0.15, 0.2) is 44.4 Å². The number of allylic oxidation sites excluding steroid dienone is 2. The molecule has 1 amide bonds. The van der Waals surface area contributed by atoms with Gasteiger partial charge in [-0.3, -0.25) is 20.4 Å². The van der Waals surface area contributed by atoms with Gasteiger partial charge in [-0.2, -0.15) is 0 Å². The van der Waals surface area contributed by atoms with Gasteiger partial charge in [0.25, 0.3) is 0 Å². The molecule has 0 aliphatic heterocycles. The van der Waals surface area contributed by atoms with E-state index in [2.05, 4.69) is 38.9 Å². The second-order valence-corrected chi connectivity index (χ2v) is 8.87. The molecule has 0 saturated carbocycles. The number of esters is 1. The summed E-state index contributed by atoms with van der Waals surface area (Å²) in [7, 11) is 0. The predicted molar refractivity (Wildman–Crippen MR) is 121 cm³/mol. The lowest BCUT2D eigenvalue weighted by Gasteiger charge is -2.26. The fraction of sp³-hybridized carbons (Fsp3) is 0.455. The highest BCUT2D eigenvalue weighted by molar-refractivity contribution is 9.10. The van der Waals surface area contributed by atoms with Gasteiger partial charge in [0.1, 0.15) is 0 Å². The Morgan fingerprint density at radius 3 is 2.59 bits per heavy atom. The van der Waals surface area contributed by atoms with Crippen molar-refractivity contribution < 1.29 is 14.3 Å². The minimum Gasteiger partial charge on any atom is -0.466 e. The molecule has 1 aliphatic rings. The first-order valence-corrected chi connectivity index (χ1v) is 11.6. The summed E-state index contributed by atoms with van der Waals surface area (Å²) in [5, 5.41) is 0. The molecule has 29 heavy (non-hydrogen) atoms. The number of amides is 1. The van der Waals surface area contributed by atoms with Crippen molar-refractivity contribution in [3.05, 3.63) is 50.7 Å². The van der Waals surface area contributed by atoms with Crippen molar-refractivity contribution in [3.8, 4) is 0 Å². The van der Waals surface area contributed by atoms with E-state index in [1.807, 2.05) is 40.7 Å². The summed E-state index contributed by atoms with van der Waals surface area (Å²) in [5.41, 5.74) is 11.0. The van der Waals surface area contributed by atoms with Crippen molar-refractivity contribution in [2.24, 2.45) is 5.92 Å². The normalized spacial score (nSPS) is 16.3. The summed E-state index contributed by atoms with van der Waals surface area (Å²) in [6.45, 7) is 10.3. The van der Waals surface area contributed by atoms with Gasteiger partial charge in [0, 0.05) is 9.37 Å². The Labute approximate surface area is 185 Å². The molecule has 7 heteroatoms. The molecular formula is C22H29BrN2O3S. The number of nitrogens with one attached hydrogen (secondary N) is 2. The lowest BCUT2D eigenvalue weighted by Crippen LogP contribution is -2.39. The van der Waals surface area contributed by atoms with Crippen LogP contribution in [-0.4, -0.2) is 24.2 Å². The number of benzene rings is 1. The molecule has 0 radical (unpaired) electrons. The molecule has 1 atom stereocenters. The summed E-state index contributed by atoms with van der Waals surface area (Å²) >= 11 is 5.05. The zero-order valence-corrected chi connectivity index (χ0v) is 20.1. The van der Waals surface area contributed by atoms with Crippen molar-refractivity contribution in [3.63, 3.8) is 0 Å². The van der Waals surface area contributed by atoms with Crippen LogP contribution < -0.4 is 10.9 Å². The number of carbonyl (C=O) groups is 2. The number of hydrazine groups is 1. The van der Waals surface area contributed by atoms with Crippen LogP contribution >= 0.6 is 27.7 Å². The second-order valence-electron chi connectivity index (χ2n) is 7.00. The molecule has 2 N–H and O–H groups in total. The van der Waals surface area contributed by atoms with Crippen LogP contribution in [0.5, 0.6) is 0 Å². The van der Waals surface area contributed by atoms with Crippen LogP contribution in [0.1, 0.15) is 44.7 Å². The highest BCUT2D eigenvalue weighted by Crippen LogP contribution is 2.31. The summed E-state index contributed by atoms with van der Waals surface area (Å²) in [4.78, 5) is 25.6. The first-order valence-electron chi connectivity index (χ1n) is 9.79. The quantitative estimate of drug-likeness (QED) is 0.312. The van der Waals surface area contributed by atoms with Gasteiger partial charge in [-0.25, -0.2) is 0 Å². The maximum Gasteiger partial charge on any atom is 0.313 e. The van der Waals surface area contributed by atoms with Gasteiger partial charge < -0.3 is 4.74 Å². The van der Waals surface area contributed by atoms with Gasteiger partial charge in [-0.15, -0.1) is 11.8 Å². The van der Waals surface area contributed by atoms with Crippen molar-refractivity contribution in [2.45, 2.75) is 52.4 Å². The Morgan fingerprint density at radius 2 is 1.93 bits per heavy atom. The molecule has 1 aromatic rings. The summed E-state index contributed by atoms with van der Waals surface area (Å²) in [6.07, 6.45) is 3.30. The zero-order chi connectivity index (χ0) is 21.6. The Balaban J connectivity index is 1.94. The first-order chi connectivity index (χ1) is 13.8. The van der Waals surface area contributed by atoms with Gasteiger partial charge in [0.05, 0.1) is 24.0 Å². The van der Waals surface area contributed by atoms with E-state index in [-0.39, 0.29) is 17.8 Å². The van der Waals surface area contributed by atoms with E-state index in [0.717, 1.165) is 43.8 Å². The standard InChI is InChI=1S/C22H29BrN2O3S/c1-6-16-15(5)17(22(27)28-7-2)8-9-19(16)24-25-21(26)12-29-20-11-13(3)18(23)10-14(20)4/h9-11,17,24H,6-8,12H2,1-5H3,(H,25,26)/t17-/m1/s1. The van der Waals surface area contributed by atoms with Crippen molar-refractivity contribution in [1.29, 1.82) is 0 Å². The van der Waals surface area contributed by atoms with Crippen LogP contribution in [0.3, 0.4) is 0 Å². The highest BCUT2D eigenvalue weighted by atomic mass is 79.9. The molecule has 0 spiro atoms. The van der Waals surface area contributed by atoms with E-state index in [0.29, 0.717) is 18.8 Å². The molecule has 5 nitrogen and oxygen atoms in total. The zero-order valence-electron chi connectivity index (χ0n) is 17.6. The van der Waals surface area contributed by atoms with E-state index >= 15 is 0 Å². The van der Waals surface area contributed by atoms with Gasteiger partial charge in [0.15, 0.2) is 0 Å². The number of aryl methyl sites for hydroxylation is 2.